The van der Waals surface area contributed by atoms with Crippen molar-refractivity contribution in [3.05, 3.63) is 39.7 Å². The van der Waals surface area contributed by atoms with Crippen LogP contribution < -0.4 is 5.73 Å². The molecule has 92 valence electrons. The minimum atomic E-state index is 0.431. The maximum Gasteiger partial charge on any atom is 0.129 e. The van der Waals surface area contributed by atoms with Gasteiger partial charge in [-0.25, -0.2) is 4.98 Å². The van der Waals surface area contributed by atoms with Crippen LogP contribution >= 0.6 is 11.3 Å². The molecule has 0 radical (unpaired) electrons. The first kappa shape index (κ1) is 12.3. The Morgan fingerprint density at radius 1 is 1.41 bits per heavy atom. The van der Waals surface area contributed by atoms with E-state index in [1.165, 1.54) is 4.88 Å². The van der Waals surface area contributed by atoms with Gasteiger partial charge in [-0.1, -0.05) is 0 Å². The van der Waals surface area contributed by atoms with Crippen molar-refractivity contribution in [2.75, 3.05) is 6.61 Å². The van der Waals surface area contributed by atoms with Crippen molar-refractivity contribution < 1.29 is 9.15 Å². The Balaban J connectivity index is 1.71. The monoisotopic (exact) mass is 252 g/mol. The van der Waals surface area contributed by atoms with Gasteiger partial charge in [-0.2, -0.15) is 0 Å². The Kier molecular flexibility index (Phi) is 4.30. The fourth-order valence-electron chi connectivity index (χ4n) is 1.51. The van der Waals surface area contributed by atoms with Gasteiger partial charge in [-0.3, -0.25) is 0 Å². The predicted molar refractivity (Wildman–Crippen MR) is 66.8 cm³/mol. The SMILES string of the molecule is Cc1ncsc1CCOCc1ccc(CN)o1. The molecule has 0 aliphatic rings. The zero-order valence-electron chi connectivity index (χ0n) is 9.81. The first-order valence-electron chi connectivity index (χ1n) is 5.54. The number of thiazole rings is 1. The molecule has 0 aliphatic heterocycles. The van der Waals surface area contributed by atoms with Gasteiger partial charge in [0.05, 0.1) is 24.4 Å². The van der Waals surface area contributed by atoms with Crippen LogP contribution in [0.4, 0.5) is 0 Å². The molecule has 0 bridgehead atoms. The van der Waals surface area contributed by atoms with E-state index in [2.05, 4.69) is 4.98 Å². The first-order chi connectivity index (χ1) is 8.29. The summed E-state index contributed by atoms with van der Waals surface area (Å²) in [6.07, 6.45) is 0.904. The summed E-state index contributed by atoms with van der Waals surface area (Å²) >= 11 is 1.67. The zero-order valence-corrected chi connectivity index (χ0v) is 10.6. The summed E-state index contributed by atoms with van der Waals surface area (Å²) in [5, 5.41) is 0. The van der Waals surface area contributed by atoms with Gasteiger partial charge >= 0.3 is 0 Å². The molecular weight excluding hydrogens is 236 g/mol. The maximum absolute atomic E-state index is 5.55. The number of nitrogens with zero attached hydrogens (tertiary/aromatic N) is 1. The molecule has 2 rings (SSSR count). The van der Waals surface area contributed by atoms with Crippen LogP contribution in [0, 0.1) is 6.92 Å². The molecule has 2 aromatic heterocycles. The number of aromatic nitrogens is 1. The summed E-state index contributed by atoms with van der Waals surface area (Å²) in [7, 11) is 0. The molecule has 2 N–H and O–H groups in total. The second kappa shape index (κ2) is 5.95. The Morgan fingerprint density at radius 2 is 2.24 bits per heavy atom. The molecule has 0 aliphatic carbocycles. The molecule has 0 unspecified atom stereocenters. The minimum Gasteiger partial charge on any atom is -0.462 e. The average Bonchev–Trinajstić information content (AvgIpc) is 2.94. The van der Waals surface area contributed by atoms with Crippen molar-refractivity contribution in [1.29, 1.82) is 0 Å². The van der Waals surface area contributed by atoms with E-state index in [1.807, 2.05) is 24.6 Å². The number of nitrogens with two attached hydrogens (primary N) is 1. The Morgan fingerprint density at radius 3 is 2.88 bits per heavy atom. The van der Waals surface area contributed by atoms with Crippen LogP contribution in [0.5, 0.6) is 0 Å². The summed E-state index contributed by atoms with van der Waals surface area (Å²) in [6, 6.07) is 3.78. The van der Waals surface area contributed by atoms with Crippen LogP contribution in [0.2, 0.25) is 0 Å². The fourth-order valence-corrected chi connectivity index (χ4v) is 2.28. The van der Waals surface area contributed by atoms with Crippen molar-refractivity contribution in [2.24, 2.45) is 5.73 Å². The van der Waals surface area contributed by atoms with Crippen LogP contribution in [0.15, 0.2) is 22.1 Å². The van der Waals surface area contributed by atoms with Crippen molar-refractivity contribution in [3.8, 4) is 0 Å². The lowest BCUT2D eigenvalue weighted by Gasteiger charge is -2.01. The minimum absolute atomic E-state index is 0.431. The third kappa shape index (κ3) is 3.39. The van der Waals surface area contributed by atoms with Crippen molar-refractivity contribution >= 4 is 11.3 Å². The van der Waals surface area contributed by atoms with Gasteiger partial charge in [-0.15, -0.1) is 11.3 Å². The van der Waals surface area contributed by atoms with Crippen LogP contribution in [0.25, 0.3) is 0 Å². The lowest BCUT2D eigenvalue weighted by atomic mass is 10.3. The molecule has 5 heteroatoms. The van der Waals surface area contributed by atoms with Crippen LogP contribution in [-0.2, 0) is 24.3 Å². The van der Waals surface area contributed by atoms with Gasteiger partial charge in [0, 0.05) is 11.3 Å². The van der Waals surface area contributed by atoms with Gasteiger partial charge < -0.3 is 14.9 Å². The molecular formula is C12H16N2O2S. The molecule has 0 atom stereocenters. The van der Waals surface area contributed by atoms with Crippen LogP contribution in [-0.4, -0.2) is 11.6 Å². The summed E-state index contributed by atoms with van der Waals surface area (Å²) in [5.74, 6) is 1.62. The third-order valence-corrected chi connectivity index (χ3v) is 3.48. The molecule has 0 aromatic carbocycles. The van der Waals surface area contributed by atoms with Gasteiger partial charge in [-0.05, 0) is 19.1 Å². The lowest BCUT2D eigenvalue weighted by molar-refractivity contribution is 0.108. The highest BCUT2D eigenvalue weighted by Crippen LogP contribution is 2.13. The van der Waals surface area contributed by atoms with E-state index in [0.717, 1.165) is 23.6 Å². The Bertz CT molecular complexity index is 465. The normalized spacial score (nSPS) is 10.9. The van der Waals surface area contributed by atoms with E-state index >= 15 is 0 Å². The predicted octanol–water partition coefficient (Wildman–Crippen LogP) is 2.26. The summed E-state index contributed by atoms with van der Waals surface area (Å²) in [6.45, 7) is 3.63. The highest BCUT2D eigenvalue weighted by atomic mass is 32.1. The largest absolute Gasteiger partial charge is 0.462 e. The van der Waals surface area contributed by atoms with Gasteiger partial charge in [0.2, 0.25) is 0 Å². The number of aryl methyl sites for hydroxylation is 1. The molecule has 17 heavy (non-hydrogen) atoms. The van der Waals surface area contributed by atoms with Gasteiger partial charge in [0.25, 0.3) is 0 Å². The first-order valence-corrected chi connectivity index (χ1v) is 6.42. The number of hydrogen-bond donors (Lipinski definition) is 1. The molecule has 0 spiro atoms. The van der Waals surface area contributed by atoms with E-state index in [1.54, 1.807) is 11.3 Å². The zero-order chi connectivity index (χ0) is 12.1. The number of furan rings is 1. The van der Waals surface area contributed by atoms with Crippen molar-refractivity contribution in [1.82, 2.24) is 4.98 Å². The summed E-state index contributed by atoms with van der Waals surface area (Å²) < 4.78 is 11.0. The lowest BCUT2D eigenvalue weighted by Crippen LogP contribution is -1.98. The van der Waals surface area contributed by atoms with E-state index in [0.29, 0.717) is 19.8 Å². The quantitative estimate of drug-likeness (QED) is 0.801. The molecule has 0 fully saturated rings. The van der Waals surface area contributed by atoms with Gasteiger partial charge in [0.15, 0.2) is 0 Å². The molecule has 2 heterocycles. The molecule has 2 aromatic rings. The highest BCUT2D eigenvalue weighted by molar-refractivity contribution is 7.09. The second-order valence-corrected chi connectivity index (χ2v) is 4.67. The number of hydrogen-bond acceptors (Lipinski definition) is 5. The molecule has 0 saturated carbocycles. The standard InChI is InChI=1S/C12H16N2O2S/c1-9-12(17-8-14-9)4-5-15-7-11-3-2-10(6-13)16-11/h2-3,8H,4-7,13H2,1H3. The number of ether oxygens (including phenoxy) is 1. The van der Waals surface area contributed by atoms with E-state index < -0.39 is 0 Å². The topological polar surface area (TPSA) is 61.3 Å². The molecule has 4 nitrogen and oxygen atoms in total. The average molecular weight is 252 g/mol. The van der Waals surface area contributed by atoms with Crippen molar-refractivity contribution in [2.45, 2.75) is 26.5 Å². The van der Waals surface area contributed by atoms with E-state index in [-0.39, 0.29) is 0 Å². The molecule has 0 saturated heterocycles. The Hall–Kier alpha value is -1.17. The van der Waals surface area contributed by atoms with E-state index in [9.17, 15) is 0 Å². The molecule has 0 amide bonds. The van der Waals surface area contributed by atoms with Crippen LogP contribution in [0.3, 0.4) is 0 Å². The smallest absolute Gasteiger partial charge is 0.129 e. The third-order valence-electron chi connectivity index (χ3n) is 2.48. The van der Waals surface area contributed by atoms with Crippen LogP contribution in [0.1, 0.15) is 22.1 Å². The Labute approximate surface area is 104 Å². The van der Waals surface area contributed by atoms with Gasteiger partial charge in [0.1, 0.15) is 18.1 Å². The summed E-state index contributed by atoms with van der Waals surface area (Å²) in [4.78, 5) is 5.48. The van der Waals surface area contributed by atoms with Crippen molar-refractivity contribution in [3.63, 3.8) is 0 Å². The summed E-state index contributed by atoms with van der Waals surface area (Å²) in [5.41, 5.74) is 8.42. The maximum atomic E-state index is 5.55. The highest BCUT2D eigenvalue weighted by Gasteiger charge is 2.03. The van der Waals surface area contributed by atoms with E-state index in [4.69, 9.17) is 14.9 Å². The fraction of sp³-hybridized carbons (Fsp3) is 0.417. The number of rotatable bonds is 6. The second-order valence-electron chi connectivity index (χ2n) is 3.74.